The Labute approximate surface area is 215 Å². The number of benzene rings is 1. The molecule has 1 aliphatic rings. The van der Waals surface area contributed by atoms with Crippen molar-refractivity contribution in [3.8, 4) is 5.88 Å². The van der Waals surface area contributed by atoms with Crippen molar-refractivity contribution in [1.82, 2.24) is 24.6 Å². The molecule has 8 nitrogen and oxygen atoms in total. The average Bonchev–Trinajstić information content (AvgIpc) is 3.43. The van der Waals surface area contributed by atoms with E-state index in [9.17, 15) is 9.59 Å². The van der Waals surface area contributed by atoms with E-state index in [1.807, 2.05) is 70.2 Å². The lowest BCUT2D eigenvalue weighted by atomic mass is 9.89. The molecule has 188 valence electrons. The average molecular weight is 496 g/mol. The summed E-state index contributed by atoms with van der Waals surface area (Å²) in [5, 5.41) is 2.98. The van der Waals surface area contributed by atoms with Crippen molar-refractivity contribution >= 4 is 23.5 Å². The quantitative estimate of drug-likeness (QED) is 0.390. The number of hydrogen-bond donors (Lipinski definition) is 1. The highest BCUT2D eigenvalue weighted by molar-refractivity contribution is 5.94. The zero-order valence-corrected chi connectivity index (χ0v) is 20.7. The van der Waals surface area contributed by atoms with Crippen LogP contribution in [0.5, 0.6) is 5.88 Å². The van der Waals surface area contributed by atoms with Crippen molar-refractivity contribution in [2.24, 2.45) is 0 Å². The van der Waals surface area contributed by atoms with E-state index in [1.165, 1.54) is 5.56 Å². The Morgan fingerprint density at radius 1 is 1.05 bits per heavy atom. The van der Waals surface area contributed by atoms with E-state index in [2.05, 4.69) is 15.3 Å². The molecule has 0 spiro atoms. The molecule has 0 unspecified atom stereocenters. The minimum Gasteiger partial charge on any atom is -0.481 e. The molecule has 4 aromatic rings. The zero-order chi connectivity index (χ0) is 25.6. The largest absolute Gasteiger partial charge is 0.481 e. The first-order valence-corrected chi connectivity index (χ1v) is 12.4. The van der Waals surface area contributed by atoms with Crippen molar-refractivity contribution in [2.45, 2.75) is 25.3 Å². The molecule has 2 amide bonds. The van der Waals surface area contributed by atoms with E-state index >= 15 is 0 Å². The Hall–Kier alpha value is -4.46. The Kier molecular flexibility index (Phi) is 7.26. The van der Waals surface area contributed by atoms with Crippen molar-refractivity contribution in [1.29, 1.82) is 0 Å². The molecule has 4 heterocycles. The SMILES string of the molecule is COc1ncccc1/C=C/C(=O)N1CCC(c2ccc(C(=O)NCc3ccn4ccnc4c3)cc2)CC1. The topological polar surface area (TPSA) is 88.8 Å². The molecule has 1 aliphatic heterocycles. The molecule has 0 saturated carbocycles. The minimum atomic E-state index is -0.104. The monoisotopic (exact) mass is 495 g/mol. The van der Waals surface area contributed by atoms with E-state index in [0.29, 0.717) is 37.0 Å². The molecule has 0 bridgehead atoms. The van der Waals surface area contributed by atoms with Gasteiger partial charge in [-0.2, -0.15) is 0 Å². The third kappa shape index (κ3) is 5.69. The molecule has 1 N–H and O–H groups in total. The van der Waals surface area contributed by atoms with Gasteiger partial charge in [-0.1, -0.05) is 12.1 Å². The van der Waals surface area contributed by atoms with Crippen LogP contribution >= 0.6 is 0 Å². The molecule has 1 saturated heterocycles. The van der Waals surface area contributed by atoms with Crippen LogP contribution in [0.15, 0.2) is 79.4 Å². The molecule has 8 heteroatoms. The van der Waals surface area contributed by atoms with Crippen molar-refractivity contribution in [3.63, 3.8) is 0 Å². The fraction of sp³-hybridized carbons (Fsp3) is 0.241. The van der Waals surface area contributed by atoms with E-state index in [0.717, 1.165) is 29.6 Å². The van der Waals surface area contributed by atoms with Gasteiger partial charge < -0.3 is 19.4 Å². The van der Waals surface area contributed by atoms with E-state index < -0.39 is 0 Å². The van der Waals surface area contributed by atoms with Gasteiger partial charge >= 0.3 is 0 Å². The summed E-state index contributed by atoms with van der Waals surface area (Å²) in [6, 6.07) is 15.4. The second kappa shape index (κ2) is 11.1. The number of rotatable bonds is 7. The van der Waals surface area contributed by atoms with Crippen LogP contribution in [0, 0.1) is 0 Å². The minimum absolute atomic E-state index is 0.0109. The Morgan fingerprint density at radius 2 is 1.86 bits per heavy atom. The summed E-state index contributed by atoms with van der Waals surface area (Å²) in [7, 11) is 1.56. The van der Waals surface area contributed by atoms with Gasteiger partial charge in [0.15, 0.2) is 0 Å². The fourth-order valence-corrected chi connectivity index (χ4v) is 4.65. The number of amides is 2. The zero-order valence-electron chi connectivity index (χ0n) is 20.7. The number of nitrogens with zero attached hydrogens (tertiary/aromatic N) is 4. The van der Waals surface area contributed by atoms with Gasteiger partial charge in [-0.15, -0.1) is 0 Å². The first-order valence-electron chi connectivity index (χ1n) is 12.4. The number of fused-ring (bicyclic) bond motifs is 1. The summed E-state index contributed by atoms with van der Waals surface area (Å²) in [5.74, 6) is 0.749. The number of likely N-dealkylation sites (tertiary alicyclic amines) is 1. The number of hydrogen-bond acceptors (Lipinski definition) is 5. The summed E-state index contributed by atoms with van der Waals surface area (Å²) in [4.78, 5) is 35.6. The van der Waals surface area contributed by atoms with Crippen LogP contribution in [-0.2, 0) is 11.3 Å². The van der Waals surface area contributed by atoms with Gasteiger partial charge in [0.25, 0.3) is 5.91 Å². The number of piperidine rings is 1. The lowest BCUT2D eigenvalue weighted by Gasteiger charge is -2.31. The standard InChI is InChI=1S/C29H29N5O3/c1-37-29-25(3-2-13-31-29)8-9-27(35)34-16-11-23(12-17-34)22-4-6-24(7-5-22)28(36)32-20-21-10-15-33-18-14-30-26(33)19-21/h2-10,13-15,18-19,23H,11-12,16-17,20H2,1H3,(H,32,36)/b9-8+. The third-order valence-electron chi connectivity index (χ3n) is 6.77. The van der Waals surface area contributed by atoms with Crippen LogP contribution in [0.25, 0.3) is 11.7 Å². The van der Waals surface area contributed by atoms with Crippen LogP contribution in [0.2, 0.25) is 0 Å². The molecular weight excluding hydrogens is 466 g/mol. The number of pyridine rings is 2. The second-order valence-corrected chi connectivity index (χ2v) is 9.07. The molecule has 0 radical (unpaired) electrons. The van der Waals surface area contributed by atoms with E-state index in [1.54, 1.807) is 31.7 Å². The molecule has 1 fully saturated rings. The summed E-state index contributed by atoms with van der Waals surface area (Å²) in [5.41, 5.74) is 4.46. The van der Waals surface area contributed by atoms with Gasteiger partial charge in [-0.3, -0.25) is 9.59 Å². The van der Waals surface area contributed by atoms with Gasteiger partial charge in [-0.05, 0) is 72.4 Å². The van der Waals surface area contributed by atoms with Gasteiger partial charge in [0.1, 0.15) is 5.65 Å². The summed E-state index contributed by atoms with van der Waals surface area (Å²) in [6.07, 6.45) is 12.3. The molecule has 1 aromatic carbocycles. The first kappa shape index (κ1) is 24.2. The lowest BCUT2D eigenvalue weighted by molar-refractivity contribution is -0.126. The molecule has 0 atom stereocenters. The molecule has 0 aliphatic carbocycles. The van der Waals surface area contributed by atoms with E-state index in [-0.39, 0.29) is 11.8 Å². The smallest absolute Gasteiger partial charge is 0.251 e. The Morgan fingerprint density at radius 3 is 2.65 bits per heavy atom. The number of imidazole rings is 1. The van der Waals surface area contributed by atoms with Gasteiger partial charge in [0.2, 0.25) is 11.8 Å². The Bertz CT molecular complexity index is 1420. The summed E-state index contributed by atoms with van der Waals surface area (Å²) >= 11 is 0. The predicted octanol–water partition coefficient (Wildman–Crippen LogP) is 4.09. The van der Waals surface area contributed by atoms with Gasteiger partial charge in [0.05, 0.1) is 7.11 Å². The number of carbonyl (C=O) groups is 2. The number of nitrogens with one attached hydrogen (secondary N) is 1. The van der Waals surface area contributed by atoms with Crippen molar-refractivity contribution in [3.05, 3.63) is 102 Å². The van der Waals surface area contributed by atoms with Crippen LogP contribution in [-0.4, -0.2) is 51.3 Å². The van der Waals surface area contributed by atoms with Crippen LogP contribution in [0.3, 0.4) is 0 Å². The lowest BCUT2D eigenvalue weighted by Crippen LogP contribution is -2.36. The first-order chi connectivity index (χ1) is 18.1. The maximum Gasteiger partial charge on any atom is 0.251 e. The molecule has 5 rings (SSSR count). The third-order valence-corrected chi connectivity index (χ3v) is 6.77. The number of methoxy groups -OCH3 is 1. The second-order valence-electron chi connectivity index (χ2n) is 9.07. The van der Waals surface area contributed by atoms with Crippen LogP contribution < -0.4 is 10.1 Å². The maximum absolute atomic E-state index is 12.7. The highest BCUT2D eigenvalue weighted by Crippen LogP contribution is 2.28. The number of ether oxygens (including phenoxy) is 1. The van der Waals surface area contributed by atoms with Crippen LogP contribution in [0.1, 0.15) is 45.8 Å². The van der Waals surface area contributed by atoms with E-state index in [4.69, 9.17) is 4.74 Å². The van der Waals surface area contributed by atoms with Gasteiger partial charge in [0, 0.05) is 61.6 Å². The molecule has 3 aromatic heterocycles. The maximum atomic E-state index is 12.7. The summed E-state index contributed by atoms with van der Waals surface area (Å²) < 4.78 is 7.17. The molecular formula is C29H29N5O3. The Balaban J connectivity index is 1.12. The van der Waals surface area contributed by atoms with Gasteiger partial charge in [-0.25, -0.2) is 9.97 Å². The highest BCUT2D eigenvalue weighted by atomic mass is 16.5. The number of aromatic nitrogens is 3. The molecule has 37 heavy (non-hydrogen) atoms. The van der Waals surface area contributed by atoms with Crippen molar-refractivity contribution < 1.29 is 14.3 Å². The normalized spacial score (nSPS) is 14.2. The number of carbonyl (C=O) groups excluding carboxylic acids is 2. The highest BCUT2D eigenvalue weighted by Gasteiger charge is 2.23. The van der Waals surface area contributed by atoms with Crippen molar-refractivity contribution in [2.75, 3.05) is 20.2 Å². The van der Waals surface area contributed by atoms with Crippen LogP contribution in [0.4, 0.5) is 0 Å². The predicted molar refractivity (Wildman–Crippen MR) is 141 cm³/mol. The summed E-state index contributed by atoms with van der Waals surface area (Å²) in [6.45, 7) is 1.83. The fourth-order valence-electron chi connectivity index (χ4n) is 4.65.